The zero-order chi connectivity index (χ0) is 18.7. The first kappa shape index (κ1) is 18.7. The van der Waals surface area contributed by atoms with Gasteiger partial charge in [-0.05, 0) is 37.1 Å². The van der Waals surface area contributed by atoms with Gasteiger partial charge in [-0.3, -0.25) is 9.59 Å². The number of benzene rings is 2. The largest absolute Gasteiger partial charge is 0.349 e. The molecule has 136 valence electrons. The van der Waals surface area contributed by atoms with E-state index >= 15 is 0 Å². The second kappa shape index (κ2) is 8.10. The Morgan fingerprint density at radius 1 is 1.12 bits per heavy atom. The van der Waals surface area contributed by atoms with Crippen molar-refractivity contribution in [1.29, 1.82) is 0 Å². The summed E-state index contributed by atoms with van der Waals surface area (Å²) in [6.07, 6.45) is 1.19. The molecule has 0 saturated carbocycles. The number of nitrogens with zero attached hydrogens (tertiary/aromatic N) is 1. The summed E-state index contributed by atoms with van der Waals surface area (Å²) in [7, 11) is 0. The van der Waals surface area contributed by atoms with E-state index in [0.717, 1.165) is 0 Å². The number of hydrogen-bond acceptors (Lipinski definition) is 3. The van der Waals surface area contributed by atoms with Crippen molar-refractivity contribution in [2.75, 3.05) is 13.1 Å². The number of halogens is 2. The Morgan fingerprint density at radius 2 is 1.81 bits per heavy atom. The summed E-state index contributed by atoms with van der Waals surface area (Å²) in [4.78, 5) is 27.3. The number of amides is 2. The van der Waals surface area contributed by atoms with Gasteiger partial charge in [0.15, 0.2) is 0 Å². The minimum absolute atomic E-state index is 0.0717. The molecule has 4 nitrogen and oxygen atoms in total. The quantitative estimate of drug-likeness (QED) is 0.780. The van der Waals surface area contributed by atoms with Crippen molar-refractivity contribution in [3.05, 3.63) is 64.4 Å². The molecule has 1 aliphatic rings. The Morgan fingerprint density at radius 3 is 2.46 bits per heavy atom. The maximum Gasteiger partial charge on any atom is 0.255 e. The number of piperidine rings is 1. The Bertz CT molecular complexity index is 818. The fourth-order valence-electron chi connectivity index (χ4n) is 3.02. The van der Waals surface area contributed by atoms with Crippen LogP contribution in [0.25, 0.3) is 0 Å². The molecule has 0 bridgehead atoms. The number of thiol groups is 1. The topological polar surface area (TPSA) is 49.4 Å². The number of likely N-dealkylation sites (tertiary alicyclic amines) is 1. The van der Waals surface area contributed by atoms with E-state index < -0.39 is 11.7 Å². The maximum absolute atomic E-state index is 13.8. The summed E-state index contributed by atoms with van der Waals surface area (Å²) in [5.74, 6) is -1.25. The molecule has 26 heavy (non-hydrogen) atoms. The van der Waals surface area contributed by atoms with Crippen LogP contribution in [-0.4, -0.2) is 35.8 Å². The van der Waals surface area contributed by atoms with Gasteiger partial charge in [-0.25, -0.2) is 4.39 Å². The summed E-state index contributed by atoms with van der Waals surface area (Å²) in [5.41, 5.74) is 0.424. The van der Waals surface area contributed by atoms with Crippen molar-refractivity contribution >= 4 is 36.0 Å². The molecule has 2 amide bonds. The molecule has 0 spiro atoms. The molecule has 3 rings (SSSR count). The molecule has 1 aliphatic heterocycles. The van der Waals surface area contributed by atoms with Crippen LogP contribution in [0.4, 0.5) is 4.39 Å². The molecule has 1 N–H and O–H groups in total. The van der Waals surface area contributed by atoms with Crippen molar-refractivity contribution in [1.82, 2.24) is 10.2 Å². The van der Waals surface area contributed by atoms with Crippen LogP contribution in [0.3, 0.4) is 0 Å². The Balaban J connectivity index is 1.60. The third kappa shape index (κ3) is 4.02. The number of carbonyl (C=O) groups is 2. The van der Waals surface area contributed by atoms with Crippen LogP contribution in [-0.2, 0) is 0 Å². The predicted molar refractivity (Wildman–Crippen MR) is 101 cm³/mol. The molecule has 0 atom stereocenters. The average Bonchev–Trinajstić information content (AvgIpc) is 2.62. The molecule has 1 fully saturated rings. The molecule has 2 aromatic rings. The molecule has 7 heteroatoms. The molecule has 0 aliphatic carbocycles. The lowest BCUT2D eigenvalue weighted by molar-refractivity contribution is 0.0694. The van der Waals surface area contributed by atoms with E-state index in [1.54, 1.807) is 23.1 Å². The smallest absolute Gasteiger partial charge is 0.255 e. The van der Waals surface area contributed by atoms with E-state index in [4.69, 9.17) is 11.6 Å². The first-order chi connectivity index (χ1) is 12.5. The minimum atomic E-state index is -0.645. The van der Waals surface area contributed by atoms with Gasteiger partial charge in [0.25, 0.3) is 11.8 Å². The van der Waals surface area contributed by atoms with Crippen LogP contribution in [0, 0.1) is 5.82 Å². The zero-order valence-electron chi connectivity index (χ0n) is 13.9. The fourth-order valence-corrected chi connectivity index (χ4v) is 3.53. The number of rotatable bonds is 3. The maximum atomic E-state index is 13.8. The molecule has 0 unspecified atom stereocenters. The standard InChI is InChI=1S/C19H18ClFN2O2S/c20-14-5-3-6-15(21)17(14)18(24)22-12-8-10-23(11-9-12)19(25)13-4-1-2-7-16(13)26/h1-7,12,26H,8-11H2,(H,22,24). The highest BCUT2D eigenvalue weighted by Crippen LogP contribution is 2.21. The van der Waals surface area contributed by atoms with E-state index in [0.29, 0.717) is 36.4 Å². The number of hydrogen-bond donors (Lipinski definition) is 2. The third-order valence-corrected chi connectivity index (χ3v) is 5.15. The first-order valence-electron chi connectivity index (χ1n) is 8.29. The lowest BCUT2D eigenvalue weighted by atomic mass is 10.0. The average molecular weight is 393 g/mol. The SMILES string of the molecule is O=C(NC1CCN(C(=O)c2ccccc2S)CC1)c1c(F)cccc1Cl. The van der Waals surface area contributed by atoms with Crippen molar-refractivity contribution in [3.8, 4) is 0 Å². The summed E-state index contributed by atoms with van der Waals surface area (Å²) in [5, 5.41) is 2.89. The van der Waals surface area contributed by atoms with E-state index in [2.05, 4.69) is 17.9 Å². The van der Waals surface area contributed by atoms with E-state index in [-0.39, 0.29) is 22.5 Å². The third-order valence-electron chi connectivity index (χ3n) is 4.44. The van der Waals surface area contributed by atoms with Crippen LogP contribution >= 0.6 is 24.2 Å². The summed E-state index contributed by atoms with van der Waals surface area (Å²) < 4.78 is 13.8. The van der Waals surface area contributed by atoms with Crippen LogP contribution < -0.4 is 5.32 Å². The van der Waals surface area contributed by atoms with Gasteiger partial charge in [0.05, 0.1) is 16.1 Å². The van der Waals surface area contributed by atoms with Gasteiger partial charge in [-0.15, -0.1) is 12.6 Å². The van der Waals surface area contributed by atoms with Crippen LogP contribution in [0.15, 0.2) is 47.4 Å². The van der Waals surface area contributed by atoms with Crippen molar-refractivity contribution < 1.29 is 14.0 Å². The van der Waals surface area contributed by atoms with Gasteiger partial charge >= 0.3 is 0 Å². The summed E-state index contributed by atoms with van der Waals surface area (Å²) in [6.45, 7) is 1.02. The van der Waals surface area contributed by atoms with Gasteiger partial charge in [-0.2, -0.15) is 0 Å². The first-order valence-corrected chi connectivity index (χ1v) is 9.12. The van der Waals surface area contributed by atoms with Gasteiger partial charge in [0, 0.05) is 24.0 Å². The normalized spacial score (nSPS) is 15.0. The molecular weight excluding hydrogens is 375 g/mol. The Hall–Kier alpha value is -2.05. The Labute approximate surface area is 161 Å². The van der Waals surface area contributed by atoms with Gasteiger partial charge in [0.1, 0.15) is 5.82 Å². The Kier molecular flexibility index (Phi) is 5.84. The second-order valence-corrected chi connectivity index (χ2v) is 7.04. The van der Waals surface area contributed by atoms with Crippen molar-refractivity contribution in [3.63, 3.8) is 0 Å². The van der Waals surface area contributed by atoms with Gasteiger partial charge in [-0.1, -0.05) is 29.8 Å². The van der Waals surface area contributed by atoms with E-state index in [1.165, 1.54) is 18.2 Å². The van der Waals surface area contributed by atoms with E-state index in [1.807, 2.05) is 6.07 Å². The molecule has 1 saturated heterocycles. The fraction of sp³-hybridized carbons (Fsp3) is 0.263. The predicted octanol–water partition coefficient (Wildman–Crippen LogP) is 3.80. The van der Waals surface area contributed by atoms with Crippen LogP contribution in [0.2, 0.25) is 5.02 Å². The molecule has 0 aromatic heterocycles. The number of carbonyl (C=O) groups excluding carboxylic acids is 2. The van der Waals surface area contributed by atoms with Gasteiger partial charge in [0.2, 0.25) is 0 Å². The molecular formula is C19H18ClFN2O2S. The van der Waals surface area contributed by atoms with Crippen molar-refractivity contribution in [2.45, 2.75) is 23.8 Å². The van der Waals surface area contributed by atoms with Crippen molar-refractivity contribution in [2.24, 2.45) is 0 Å². The lowest BCUT2D eigenvalue weighted by Gasteiger charge is -2.32. The number of nitrogens with one attached hydrogen (secondary N) is 1. The lowest BCUT2D eigenvalue weighted by Crippen LogP contribution is -2.46. The highest BCUT2D eigenvalue weighted by molar-refractivity contribution is 7.80. The monoisotopic (exact) mass is 392 g/mol. The summed E-state index contributed by atoms with van der Waals surface area (Å²) >= 11 is 10.3. The molecule has 0 radical (unpaired) electrons. The highest BCUT2D eigenvalue weighted by atomic mass is 35.5. The van der Waals surface area contributed by atoms with Crippen LogP contribution in [0.1, 0.15) is 33.6 Å². The zero-order valence-corrected chi connectivity index (χ0v) is 15.6. The molecule has 1 heterocycles. The van der Waals surface area contributed by atoms with Gasteiger partial charge < -0.3 is 10.2 Å². The van der Waals surface area contributed by atoms with E-state index in [9.17, 15) is 14.0 Å². The minimum Gasteiger partial charge on any atom is -0.349 e. The highest BCUT2D eigenvalue weighted by Gasteiger charge is 2.26. The summed E-state index contributed by atoms with van der Waals surface area (Å²) in [6, 6.07) is 11.2. The second-order valence-electron chi connectivity index (χ2n) is 6.15. The molecule has 2 aromatic carbocycles. The van der Waals surface area contributed by atoms with Crippen LogP contribution in [0.5, 0.6) is 0 Å².